The highest BCUT2D eigenvalue weighted by Crippen LogP contribution is 2.35. The fourth-order valence-corrected chi connectivity index (χ4v) is 4.42. The first-order valence-electron chi connectivity index (χ1n) is 7.62. The van der Waals surface area contributed by atoms with E-state index in [1.54, 1.807) is 12.1 Å². The molecule has 2 aromatic rings. The predicted octanol–water partition coefficient (Wildman–Crippen LogP) is 5.98. The first-order chi connectivity index (χ1) is 11.5. The third-order valence-corrected chi connectivity index (χ3v) is 5.81. The topological polar surface area (TPSA) is 33.2 Å². The van der Waals surface area contributed by atoms with Gasteiger partial charge in [0, 0.05) is 22.3 Å². The van der Waals surface area contributed by atoms with Crippen molar-refractivity contribution in [1.29, 1.82) is 0 Å². The van der Waals surface area contributed by atoms with E-state index in [2.05, 4.69) is 16.8 Å². The molecule has 0 radical (unpaired) electrons. The molecule has 0 aliphatic heterocycles. The molecule has 0 atom stereocenters. The summed E-state index contributed by atoms with van der Waals surface area (Å²) in [6, 6.07) is 3.27. The summed E-state index contributed by atoms with van der Waals surface area (Å²) >= 11 is 19.8. The van der Waals surface area contributed by atoms with Crippen LogP contribution in [0.3, 0.4) is 0 Å². The first-order valence-corrected chi connectivity index (χ1v) is 9.57. The van der Waals surface area contributed by atoms with Gasteiger partial charge in [-0.15, -0.1) is 0 Å². The van der Waals surface area contributed by atoms with Crippen LogP contribution in [0.1, 0.15) is 26.2 Å². The minimum Gasteiger partial charge on any atom is -0.321 e. The predicted molar refractivity (Wildman–Crippen MR) is 105 cm³/mol. The fourth-order valence-electron chi connectivity index (χ4n) is 2.61. The zero-order valence-electron chi connectivity index (χ0n) is 13.0. The Kier molecular flexibility index (Phi) is 5.50. The van der Waals surface area contributed by atoms with Gasteiger partial charge in [-0.3, -0.25) is 4.79 Å². The van der Waals surface area contributed by atoms with Crippen molar-refractivity contribution in [3.8, 4) is 0 Å². The Hall–Kier alpha value is -1.07. The van der Waals surface area contributed by atoms with Gasteiger partial charge in [0.25, 0.3) is 5.56 Å². The molecule has 1 heterocycles. The van der Waals surface area contributed by atoms with Crippen LogP contribution in [0.5, 0.6) is 0 Å². The largest absolute Gasteiger partial charge is 0.321 e. The third kappa shape index (κ3) is 3.62. The number of rotatable bonds is 4. The van der Waals surface area contributed by atoms with Crippen molar-refractivity contribution in [1.82, 2.24) is 4.98 Å². The lowest BCUT2D eigenvalue weighted by atomic mass is 10.1. The molecule has 1 aromatic carbocycles. The van der Waals surface area contributed by atoms with Crippen LogP contribution < -0.4 is 10.5 Å². The fraction of sp³-hybridized carbons (Fsp3) is 0.294. The average Bonchev–Trinajstić information content (AvgIpc) is 2.54. The maximum absolute atomic E-state index is 12.4. The van der Waals surface area contributed by atoms with Gasteiger partial charge in [0.15, 0.2) is 5.13 Å². The SMILES string of the molecule is CCCN(C1=CC=C(Cl)CC1)c1nc(=O)c2cc(Cl)cc(Cl)c2s1. The van der Waals surface area contributed by atoms with Gasteiger partial charge in [-0.2, -0.15) is 4.98 Å². The van der Waals surface area contributed by atoms with Crippen LogP contribution in [0.25, 0.3) is 10.1 Å². The van der Waals surface area contributed by atoms with E-state index in [1.807, 2.05) is 12.2 Å². The lowest BCUT2D eigenvalue weighted by molar-refractivity contribution is 0.787. The molecule has 0 amide bonds. The quantitative estimate of drug-likeness (QED) is 0.632. The Morgan fingerprint density at radius 1 is 1.21 bits per heavy atom. The molecule has 0 unspecified atom stereocenters. The number of aromatic nitrogens is 1. The number of nitrogens with zero attached hydrogens (tertiary/aromatic N) is 2. The Balaban J connectivity index is 2.14. The van der Waals surface area contributed by atoms with Gasteiger partial charge in [-0.05, 0) is 43.5 Å². The molecule has 1 aliphatic rings. The third-order valence-electron chi connectivity index (χ3n) is 3.73. The molecule has 0 saturated carbocycles. The molecule has 0 bridgehead atoms. The Morgan fingerprint density at radius 2 is 2.00 bits per heavy atom. The van der Waals surface area contributed by atoms with Crippen molar-refractivity contribution in [2.75, 3.05) is 11.4 Å². The standard InChI is InChI=1S/C17H15Cl3N2OS/c1-2-7-22(12-5-3-10(18)4-6-12)17-21-16(23)13-8-11(19)9-14(20)15(13)24-17/h3,5,8-9H,2,4,6-7H2,1H3. The summed E-state index contributed by atoms with van der Waals surface area (Å²) in [6.07, 6.45) is 6.45. The van der Waals surface area contributed by atoms with E-state index in [1.165, 1.54) is 11.3 Å². The van der Waals surface area contributed by atoms with Gasteiger partial charge in [0.2, 0.25) is 0 Å². The zero-order chi connectivity index (χ0) is 17.3. The molecule has 0 fully saturated rings. The minimum atomic E-state index is -0.311. The Morgan fingerprint density at radius 3 is 2.67 bits per heavy atom. The summed E-state index contributed by atoms with van der Waals surface area (Å²) < 4.78 is 0.710. The van der Waals surface area contributed by atoms with Crippen LogP contribution >= 0.6 is 46.1 Å². The highest BCUT2D eigenvalue weighted by Gasteiger charge is 2.18. The van der Waals surface area contributed by atoms with Crippen molar-refractivity contribution in [2.45, 2.75) is 26.2 Å². The van der Waals surface area contributed by atoms with Crippen molar-refractivity contribution >= 4 is 61.4 Å². The molecule has 0 saturated heterocycles. The summed E-state index contributed by atoms with van der Waals surface area (Å²) in [5.74, 6) is 0. The first kappa shape index (κ1) is 17.7. The van der Waals surface area contributed by atoms with Crippen LogP contribution in [0.4, 0.5) is 5.13 Å². The van der Waals surface area contributed by atoms with E-state index in [-0.39, 0.29) is 5.56 Å². The normalized spacial score (nSPS) is 14.5. The van der Waals surface area contributed by atoms with Crippen LogP contribution in [0.15, 0.2) is 39.8 Å². The van der Waals surface area contributed by atoms with Gasteiger partial charge in [-0.25, -0.2) is 0 Å². The minimum absolute atomic E-state index is 0.311. The molecule has 1 aliphatic carbocycles. The number of fused-ring (bicyclic) bond motifs is 1. The molecular weight excluding hydrogens is 387 g/mol. The van der Waals surface area contributed by atoms with Crippen LogP contribution in [0.2, 0.25) is 10.0 Å². The average molecular weight is 402 g/mol. The number of allylic oxidation sites excluding steroid dienone is 4. The van der Waals surface area contributed by atoms with Crippen LogP contribution in [-0.2, 0) is 0 Å². The number of halogens is 3. The maximum atomic E-state index is 12.4. The number of hydrogen-bond donors (Lipinski definition) is 0. The summed E-state index contributed by atoms with van der Waals surface area (Å²) in [4.78, 5) is 18.8. The second-order valence-electron chi connectivity index (χ2n) is 5.49. The second kappa shape index (κ2) is 7.44. The molecule has 0 spiro atoms. The molecular formula is C17H15Cl3N2OS. The highest BCUT2D eigenvalue weighted by molar-refractivity contribution is 7.22. The summed E-state index contributed by atoms with van der Waals surface area (Å²) in [6.45, 7) is 2.87. The van der Waals surface area contributed by atoms with Crippen LogP contribution in [0, 0.1) is 0 Å². The van der Waals surface area contributed by atoms with Gasteiger partial charge in [0.05, 0.1) is 15.1 Å². The molecule has 1 aromatic heterocycles. The Labute approximate surface area is 159 Å². The number of benzene rings is 1. The van der Waals surface area contributed by atoms with Gasteiger partial charge >= 0.3 is 0 Å². The smallest absolute Gasteiger partial charge is 0.281 e. The second-order valence-corrected chi connectivity index (χ2v) is 7.80. The lowest BCUT2D eigenvalue weighted by Crippen LogP contribution is -2.26. The molecule has 3 nitrogen and oxygen atoms in total. The van der Waals surface area contributed by atoms with Gasteiger partial charge in [-0.1, -0.05) is 53.1 Å². The number of hydrogen-bond acceptors (Lipinski definition) is 4. The molecule has 24 heavy (non-hydrogen) atoms. The van der Waals surface area contributed by atoms with Crippen molar-refractivity contribution in [3.05, 3.63) is 55.4 Å². The van der Waals surface area contributed by atoms with E-state index in [0.717, 1.165) is 36.5 Å². The molecule has 126 valence electrons. The van der Waals surface area contributed by atoms with E-state index >= 15 is 0 Å². The van der Waals surface area contributed by atoms with E-state index < -0.39 is 0 Å². The molecule has 0 N–H and O–H groups in total. The summed E-state index contributed by atoms with van der Waals surface area (Å²) in [5.41, 5.74) is 0.795. The van der Waals surface area contributed by atoms with E-state index in [4.69, 9.17) is 34.8 Å². The van der Waals surface area contributed by atoms with Crippen molar-refractivity contribution in [3.63, 3.8) is 0 Å². The Bertz CT molecular complexity index is 905. The van der Waals surface area contributed by atoms with Gasteiger partial charge < -0.3 is 4.90 Å². The monoisotopic (exact) mass is 400 g/mol. The summed E-state index contributed by atoms with van der Waals surface area (Å²) in [5, 5.41) is 2.86. The lowest BCUT2D eigenvalue weighted by Gasteiger charge is -2.27. The van der Waals surface area contributed by atoms with Crippen molar-refractivity contribution in [2.24, 2.45) is 0 Å². The highest BCUT2D eigenvalue weighted by atomic mass is 35.5. The molecule has 7 heteroatoms. The van der Waals surface area contributed by atoms with E-state index in [9.17, 15) is 4.79 Å². The maximum Gasteiger partial charge on any atom is 0.281 e. The number of anilines is 1. The summed E-state index contributed by atoms with van der Waals surface area (Å²) in [7, 11) is 0. The van der Waals surface area contributed by atoms with Gasteiger partial charge in [0.1, 0.15) is 0 Å². The molecule has 3 rings (SSSR count). The van der Waals surface area contributed by atoms with Crippen molar-refractivity contribution < 1.29 is 0 Å². The van der Waals surface area contributed by atoms with E-state index in [0.29, 0.717) is 25.3 Å². The zero-order valence-corrected chi connectivity index (χ0v) is 16.1. The van der Waals surface area contributed by atoms with Crippen LogP contribution in [-0.4, -0.2) is 11.5 Å².